The molecule has 22 heavy (non-hydrogen) atoms. The minimum atomic E-state index is -3.54. The van der Waals surface area contributed by atoms with Crippen molar-refractivity contribution in [2.24, 2.45) is 5.92 Å². The Kier molecular flexibility index (Phi) is 3.83. The summed E-state index contributed by atoms with van der Waals surface area (Å²) in [5.74, 6) is 1.02. The third-order valence-electron chi connectivity index (χ3n) is 3.93. The van der Waals surface area contributed by atoms with Gasteiger partial charge in [0.1, 0.15) is 5.75 Å². The van der Waals surface area contributed by atoms with Gasteiger partial charge in [-0.3, -0.25) is 4.31 Å². The second-order valence-electron chi connectivity index (χ2n) is 5.65. The fourth-order valence-corrected chi connectivity index (χ4v) is 4.51. The topological polar surface area (TPSA) is 46.6 Å². The minimum Gasteiger partial charge on any atom is -0.497 e. The highest BCUT2D eigenvalue weighted by Crippen LogP contribution is 2.35. The van der Waals surface area contributed by atoms with Crippen molar-refractivity contribution in [2.75, 3.05) is 18.0 Å². The zero-order valence-electron chi connectivity index (χ0n) is 12.7. The maximum absolute atomic E-state index is 12.9. The first kappa shape index (κ1) is 14.9. The molecule has 0 saturated heterocycles. The Bertz CT molecular complexity index is 772. The number of sulfonamides is 1. The van der Waals surface area contributed by atoms with Crippen molar-refractivity contribution in [1.82, 2.24) is 0 Å². The van der Waals surface area contributed by atoms with Crippen molar-refractivity contribution >= 4 is 15.7 Å². The second-order valence-corrected chi connectivity index (χ2v) is 7.52. The van der Waals surface area contributed by atoms with Gasteiger partial charge in [0.05, 0.1) is 17.7 Å². The van der Waals surface area contributed by atoms with Crippen molar-refractivity contribution in [3.05, 3.63) is 54.1 Å². The van der Waals surface area contributed by atoms with Crippen molar-refractivity contribution in [3.63, 3.8) is 0 Å². The summed E-state index contributed by atoms with van der Waals surface area (Å²) in [5, 5.41) is 0. The average molecular weight is 317 g/mol. The molecule has 1 heterocycles. The molecule has 0 fully saturated rings. The quantitative estimate of drug-likeness (QED) is 0.874. The van der Waals surface area contributed by atoms with Crippen LogP contribution in [0.15, 0.2) is 53.4 Å². The Hall–Kier alpha value is -2.01. The number of benzene rings is 2. The molecular formula is C17H19NO3S. The van der Waals surface area contributed by atoms with Gasteiger partial charge in [0.2, 0.25) is 0 Å². The molecule has 0 aromatic heterocycles. The lowest BCUT2D eigenvalue weighted by atomic mass is 9.95. The van der Waals surface area contributed by atoms with Gasteiger partial charge in [-0.05, 0) is 48.2 Å². The first-order chi connectivity index (χ1) is 10.5. The van der Waals surface area contributed by atoms with Crippen molar-refractivity contribution in [3.8, 4) is 5.75 Å². The molecule has 1 unspecified atom stereocenters. The van der Waals surface area contributed by atoms with Crippen molar-refractivity contribution in [2.45, 2.75) is 18.2 Å². The normalized spacial score (nSPS) is 17.9. The summed E-state index contributed by atoms with van der Waals surface area (Å²) in [4.78, 5) is 0.325. The van der Waals surface area contributed by atoms with Crippen molar-refractivity contribution in [1.29, 1.82) is 0 Å². The van der Waals surface area contributed by atoms with Gasteiger partial charge in [0, 0.05) is 6.54 Å². The molecule has 0 spiro atoms. The van der Waals surface area contributed by atoms with Crippen molar-refractivity contribution < 1.29 is 13.2 Å². The molecule has 2 aromatic carbocycles. The molecule has 1 atom stereocenters. The largest absolute Gasteiger partial charge is 0.497 e. The maximum atomic E-state index is 12.9. The van der Waals surface area contributed by atoms with Gasteiger partial charge in [-0.1, -0.05) is 25.1 Å². The third-order valence-corrected chi connectivity index (χ3v) is 5.73. The van der Waals surface area contributed by atoms with Gasteiger partial charge >= 0.3 is 0 Å². The minimum absolute atomic E-state index is 0.262. The number of fused-ring (bicyclic) bond motifs is 1. The molecular weight excluding hydrogens is 298 g/mol. The van der Waals surface area contributed by atoms with E-state index < -0.39 is 10.0 Å². The van der Waals surface area contributed by atoms with Gasteiger partial charge in [0.25, 0.3) is 10.0 Å². The standard InChI is InChI=1S/C17H19NO3S/c1-13-10-14-11-15(21-2)8-9-17(14)18(12-13)22(19,20)16-6-4-3-5-7-16/h3-9,11,13H,10,12H2,1-2H3. The molecule has 0 N–H and O–H groups in total. The van der Waals surface area contributed by atoms with Crippen LogP contribution in [0.2, 0.25) is 0 Å². The fourth-order valence-electron chi connectivity index (χ4n) is 2.86. The number of hydrogen-bond acceptors (Lipinski definition) is 3. The van der Waals surface area contributed by atoms with Gasteiger partial charge < -0.3 is 4.74 Å². The van der Waals surface area contributed by atoms with E-state index in [2.05, 4.69) is 6.92 Å². The predicted octanol–water partition coefficient (Wildman–Crippen LogP) is 3.08. The SMILES string of the molecule is COc1ccc2c(c1)CC(C)CN2S(=O)(=O)c1ccccc1. The van der Waals surface area contributed by atoms with Gasteiger partial charge in [-0.25, -0.2) is 8.42 Å². The zero-order valence-corrected chi connectivity index (χ0v) is 13.5. The lowest BCUT2D eigenvalue weighted by Crippen LogP contribution is -2.39. The van der Waals surface area contributed by atoms with Crippen LogP contribution in [0.3, 0.4) is 0 Å². The van der Waals surface area contributed by atoms with Gasteiger partial charge in [0.15, 0.2) is 0 Å². The molecule has 116 valence electrons. The highest BCUT2D eigenvalue weighted by Gasteiger charge is 2.31. The van der Waals surface area contributed by atoms with Crippen LogP contribution in [0, 0.1) is 5.92 Å². The zero-order chi connectivity index (χ0) is 15.7. The van der Waals surface area contributed by atoms with E-state index in [1.54, 1.807) is 31.4 Å². The maximum Gasteiger partial charge on any atom is 0.264 e. The summed E-state index contributed by atoms with van der Waals surface area (Å²) in [7, 11) is -1.92. The van der Waals surface area contributed by atoms with E-state index in [4.69, 9.17) is 4.74 Å². The summed E-state index contributed by atoms with van der Waals surface area (Å²) in [6, 6.07) is 14.2. The van der Waals surface area contributed by atoms with E-state index in [-0.39, 0.29) is 5.92 Å². The molecule has 3 rings (SSSR count). The van der Waals surface area contributed by atoms with E-state index in [1.165, 1.54) is 4.31 Å². The van der Waals surface area contributed by atoms with Gasteiger partial charge in [-0.2, -0.15) is 0 Å². The summed E-state index contributed by atoms with van der Waals surface area (Å²) in [5.41, 5.74) is 1.76. The Morgan fingerprint density at radius 1 is 1.14 bits per heavy atom. The number of ether oxygens (including phenoxy) is 1. The van der Waals surface area contributed by atoms with Crippen LogP contribution in [-0.4, -0.2) is 22.1 Å². The van der Waals surface area contributed by atoms with Crippen LogP contribution in [0.4, 0.5) is 5.69 Å². The highest BCUT2D eigenvalue weighted by molar-refractivity contribution is 7.92. The van der Waals surface area contributed by atoms with Crippen LogP contribution >= 0.6 is 0 Å². The molecule has 0 bridgehead atoms. The highest BCUT2D eigenvalue weighted by atomic mass is 32.2. The Morgan fingerprint density at radius 2 is 1.86 bits per heavy atom. The predicted molar refractivity (Wildman–Crippen MR) is 86.8 cm³/mol. The first-order valence-electron chi connectivity index (χ1n) is 7.27. The number of anilines is 1. The molecule has 4 nitrogen and oxygen atoms in total. The lowest BCUT2D eigenvalue weighted by Gasteiger charge is -2.34. The molecule has 2 aromatic rings. The number of rotatable bonds is 3. The summed E-state index contributed by atoms with van der Waals surface area (Å²) in [6.45, 7) is 2.56. The number of methoxy groups -OCH3 is 1. The van der Waals surface area contributed by atoms with Crippen LogP contribution in [0.25, 0.3) is 0 Å². The molecule has 0 radical (unpaired) electrons. The molecule has 0 amide bonds. The van der Waals surface area contributed by atoms with E-state index in [0.29, 0.717) is 11.4 Å². The fraction of sp³-hybridized carbons (Fsp3) is 0.294. The molecule has 5 heteroatoms. The van der Waals surface area contributed by atoms with E-state index in [0.717, 1.165) is 23.4 Å². The van der Waals surface area contributed by atoms with E-state index in [9.17, 15) is 8.42 Å². The third kappa shape index (κ3) is 2.57. The smallest absolute Gasteiger partial charge is 0.264 e. The molecule has 1 aliphatic heterocycles. The number of nitrogens with zero attached hydrogens (tertiary/aromatic N) is 1. The van der Waals surface area contributed by atoms with E-state index >= 15 is 0 Å². The monoisotopic (exact) mass is 317 g/mol. The van der Waals surface area contributed by atoms with Crippen LogP contribution in [-0.2, 0) is 16.4 Å². The molecule has 0 aliphatic carbocycles. The molecule has 0 saturated carbocycles. The molecule has 1 aliphatic rings. The van der Waals surface area contributed by atoms with Gasteiger partial charge in [-0.15, -0.1) is 0 Å². The van der Waals surface area contributed by atoms with Crippen LogP contribution < -0.4 is 9.04 Å². The Labute approximate surface area is 131 Å². The van der Waals surface area contributed by atoms with Crippen LogP contribution in [0.5, 0.6) is 5.75 Å². The lowest BCUT2D eigenvalue weighted by molar-refractivity contribution is 0.413. The summed E-state index contributed by atoms with van der Waals surface area (Å²) in [6.07, 6.45) is 0.855. The van der Waals surface area contributed by atoms with Crippen LogP contribution in [0.1, 0.15) is 12.5 Å². The average Bonchev–Trinajstić information content (AvgIpc) is 2.54. The summed E-state index contributed by atoms with van der Waals surface area (Å²) >= 11 is 0. The second kappa shape index (κ2) is 5.65. The Balaban J connectivity index is 2.09. The number of hydrogen-bond donors (Lipinski definition) is 0. The Morgan fingerprint density at radius 3 is 2.55 bits per heavy atom. The summed E-state index contributed by atoms with van der Waals surface area (Å²) < 4.78 is 32.7. The first-order valence-corrected chi connectivity index (χ1v) is 8.71. The van der Waals surface area contributed by atoms with E-state index in [1.807, 2.05) is 24.3 Å².